The first-order valence-electron chi connectivity index (χ1n) is 4.76. The van der Waals surface area contributed by atoms with Crippen LogP contribution < -0.4 is 5.73 Å². The van der Waals surface area contributed by atoms with Crippen LogP contribution in [-0.2, 0) is 12.2 Å². The quantitative estimate of drug-likeness (QED) is 0.741. The predicted octanol–water partition coefficient (Wildman–Crippen LogP) is 2.50. The van der Waals surface area contributed by atoms with Crippen molar-refractivity contribution in [3.05, 3.63) is 34.9 Å². The van der Waals surface area contributed by atoms with E-state index in [9.17, 15) is 0 Å². The fraction of sp³-hybridized carbons (Fsp3) is 0.455. The van der Waals surface area contributed by atoms with E-state index in [0.717, 1.165) is 17.9 Å². The number of hydrogen-bond donors (Lipinski definition) is 1. The molecule has 0 aromatic heterocycles. The van der Waals surface area contributed by atoms with E-state index < -0.39 is 0 Å². The van der Waals surface area contributed by atoms with Gasteiger partial charge in [0.05, 0.1) is 0 Å². The lowest BCUT2D eigenvalue weighted by molar-refractivity contribution is 0.806. The van der Waals surface area contributed by atoms with Gasteiger partial charge in [0, 0.05) is 17.5 Å². The van der Waals surface area contributed by atoms with Crippen LogP contribution in [0.25, 0.3) is 0 Å². The Kier molecular flexibility index (Phi) is 2.61. The number of nitrogens with two attached hydrogens (primary N) is 1. The molecule has 1 aromatic carbocycles. The summed E-state index contributed by atoms with van der Waals surface area (Å²) in [6, 6.07) is 6.98. The molecule has 0 saturated carbocycles. The summed E-state index contributed by atoms with van der Waals surface area (Å²) in [4.78, 5) is 0. The van der Waals surface area contributed by atoms with Crippen molar-refractivity contribution in [3.63, 3.8) is 0 Å². The molecule has 2 N–H and O–H groups in total. The van der Waals surface area contributed by atoms with E-state index in [0.29, 0.717) is 0 Å². The lowest BCUT2D eigenvalue weighted by atomic mass is 9.98. The summed E-state index contributed by atoms with van der Waals surface area (Å²) in [5.41, 5.74) is 10.3. The molecule has 0 spiro atoms. The maximum atomic E-state index is 6.05. The summed E-state index contributed by atoms with van der Waals surface area (Å²) >= 11 is 1.93. The Hall–Kier alpha value is -0.470. The van der Waals surface area contributed by atoms with E-state index in [4.69, 9.17) is 5.73 Å². The second-order valence-corrected chi connectivity index (χ2v) is 4.54. The van der Waals surface area contributed by atoms with Crippen LogP contribution in [0.2, 0.25) is 0 Å². The van der Waals surface area contributed by atoms with Gasteiger partial charge in [0.15, 0.2) is 0 Å². The topological polar surface area (TPSA) is 26.0 Å². The SMILES string of the molecule is CCc1ccc2c(c1)C(N)CSC2. The Morgan fingerprint density at radius 1 is 1.54 bits per heavy atom. The minimum Gasteiger partial charge on any atom is -0.323 e. The Bertz CT molecular complexity index is 309. The van der Waals surface area contributed by atoms with E-state index >= 15 is 0 Å². The average Bonchev–Trinajstić information content (AvgIpc) is 2.18. The maximum Gasteiger partial charge on any atom is 0.0390 e. The highest BCUT2D eigenvalue weighted by molar-refractivity contribution is 7.98. The van der Waals surface area contributed by atoms with Gasteiger partial charge in [-0.25, -0.2) is 0 Å². The van der Waals surface area contributed by atoms with E-state index in [1.165, 1.54) is 16.7 Å². The lowest BCUT2D eigenvalue weighted by Crippen LogP contribution is -2.18. The predicted molar refractivity (Wildman–Crippen MR) is 58.9 cm³/mol. The second-order valence-electron chi connectivity index (χ2n) is 3.51. The largest absolute Gasteiger partial charge is 0.323 e. The highest BCUT2D eigenvalue weighted by Crippen LogP contribution is 2.30. The molecular weight excluding hydrogens is 178 g/mol. The van der Waals surface area contributed by atoms with Gasteiger partial charge in [0.2, 0.25) is 0 Å². The van der Waals surface area contributed by atoms with Gasteiger partial charge in [-0.1, -0.05) is 25.1 Å². The molecule has 0 amide bonds. The molecule has 0 radical (unpaired) electrons. The summed E-state index contributed by atoms with van der Waals surface area (Å²) < 4.78 is 0. The van der Waals surface area contributed by atoms with Gasteiger partial charge in [0.1, 0.15) is 0 Å². The third kappa shape index (κ3) is 1.74. The van der Waals surface area contributed by atoms with Crippen LogP contribution in [0.4, 0.5) is 0 Å². The normalized spacial score (nSPS) is 21.2. The highest BCUT2D eigenvalue weighted by Gasteiger charge is 2.16. The van der Waals surface area contributed by atoms with Crippen LogP contribution in [0.3, 0.4) is 0 Å². The van der Waals surface area contributed by atoms with Gasteiger partial charge in [-0.2, -0.15) is 11.8 Å². The first-order chi connectivity index (χ1) is 6.31. The van der Waals surface area contributed by atoms with Crippen LogP contribution in [0.5, 0.6) is 0 Å². The first-order valence-corrected chi connectivity index (χ1v) is 5.91. The monoisotopic (exact) mass is 193 g/mol. The molecule has 0 aliphatic carbocycles. The molecule has 1 aliphatic rings. The number of benzene rings is 1. The fourth-order valence-corrected chi connectivity index (χ4v) is 2.76. The molecule has 2 rings (SSSR count). The molecule has 1 nitrogen and oxygen atoms in total. The van der Waals surface area contributed by atoms with Gasteiger partial charge in [-0.3, -0.25) is 0 Å². The van der Waals surface area contributed by atoms with Gasteiger partial charge in [-0.15, -0.1) is 0 Å². The van der Waals surface area contributed by atoms with Gasteiger partial charge >= 0.3 is 0 Å². The van der Waals surface area contributed by atoms with E-state index in [1.807, 2.05) is 11.8 Å². The lowest BCUT2D eigenvalue weighted by Gasteiger charge is -2.22. The zero-order valence-electron chi connectivity index (χ0n) is 7.92. The Morgan fingerprint density at radius 3 is 3.15 bits per heavy atom. The van der Waals surface area contributed by atoms with E-state index in [2.05, 4.69) is 25.1 Å². The third-order valence-electron chi connectivity index (χ3n) is 2.57. The minimum absolute atomic E-state index is 0.250. The molecule has 70 valence electrons. The maximum absolute atomic E-state index is 6.05. The zero-order chi connectivity index (χ0) is 9.26. The van der Waals surface area contributed by atoms with Crippen molar-refractivity contribution in [2.45, 2.75) is 25.1 Å². The average molecular weight is 193 g/mol. The first kappa shape index (κ1) is 9.10. The molecule has 1 aliphatic heterocycles. The Balaban J connectivity index is 2.41. The van der Waals surface area contributed by atoms with Crippen molar-refractivity contribution in [2.75, 3.05) is 5.75 Å². The second kappa shape index (κ2) is 3.72. The fourth-order valence-electron chi connectivity index (χ4n) is 1.73. The molecule has 0 saturated heterocycles. The van der Waals surface area contributed by atoms with Crippen molar-refractivity contribution in [1.29, 1.82) is 0 Å². The summed E-state index contributed by atoms with van der Waals surface area (Å²) in [6.45, 7) is 2.19. The molecule has 13 heavy (non-hydrogen) atoms. The van der Waals surface area contributed by atoms with Crippen LogP contribution in [0.1, 0.15) is 29.7 Å². The summed E-state index contributed by atoms with van der Waals surface area (Å²) in [7, 11) is 0. The molecule has 1 heterocycles. The van der Waals surface area contributed by atoms with Gasteiger partial charge in [0.25, 0.3) is 0 Å². The van der Waals surface area contributed by atoms with E-state index in [-0.39, 0.29) is 6.04 Å². The summed E-state index contributed by atoms with van der Waals surface area (Å²) in [6.07, 6.45) is 1.10. The van der Waals surface area contributed by atoms with Crippen molar-refractivity contribution >= 4 is 11.8 Å². The summed E-state index contributed by atoms with van der Waals surface area (Å²) in [5.74, 6) is 2.20. The van der Waals surface area contributed by atoms with Gasteiger partial charge < -0.3 is 5.73 Å². The summed E-state index contributed by atoms with van der Waals surface area (Å²) in [5, 5.41) is 0. The number of hydrogen-bond acceptors (Lipinski definition) is 2. The number of aryl methyl sites for hydroxylation is 1. The minimum atomic E-state index is 0.250. The van der Waals surface area contributed by atoms with Crippen LogP contribution in [-0.4, -0.2) is 5.75 Å². The smallest absolute Gasteiger partial charge is 0.0390 e. The Morgan fingerprint density at radius 2 is 2.38 bits per heavy atom. The zero-order valence-corrected chi connectivity index (χ0v) is 8.73. The highest BCUT2D eigenvalue weighted by atomic mass is 32.2. The van der Waals surface area contributed by atoms with Gasteiger partial charge in [-0.05, 0) is 23.1 Å². The number of thioether (sulfide) groups is 1. The van der Waals surface area contributed by atoms with Crippen molar-refractivity contribution < 1.29 is 0 Å². The molecule has 1 unspecified atom stereocenters. The molecule has 1 aromatic rings. The van der Waals surface area contributed by atoms with Crippen LogP contribution >= 0.6 is 11.8 Å². The van der Waals surface area contributed by atoms with Crippen LogP contribution in [0.15, 0.2) is 18.2 Å². The third-order valence-corrected chi connectivity index (χ3v) is 3.68. The van der Waals surface area contributed by atoms with E-state index in [1.54, 1.807) is 0 Å². The molecule has 1 atom stereocenters. The number of rotatable bonds is 1. The van der Waals surface area contributed by atoms with Crippen molar-refractivity contribution in [3.8, 4) is 0 Å². The Labute approximate surface area is 83.7 Å². The molecule has 0 fully saturated rings. The van der Waals surface area contributed by atoms with Crippen LogP contribution in [0, 0.1) is 0 Å². The van der Waals surface area contributed by atoms with Crippen molar-refractivity contribution in [1.82, 2.24) is 0 Å². The molecule has 0 bridgehead atoms. The van der Waals surface area contributed by atoms with Crippen molar-refractivity contribution in [2.24, 2.45) is 5.73 Å². The standard InChI is InChI=1S/C11H15NS/c1-2-8-3-4-9-6-13-7-11(12)10(9)5-8/h3-5,11H,2,6-7,12H2,1H3. The molecular formula is C11H15NS. The number of fused-ring (bicyclic) bond motifs is 1. The molecule has 2 heteroatoms.